The molecule has 0 saturated carbocycles. The lowest BCUT2D eigenvalue weighted by molar-refractivity contribution is -0.130. The zero-order valence-corrected chi connectivity index (χ0v) is 18.2. The first-order valence-electron chi connectivity index (χ1n) is 9.63. The molecule has 1 aliphatic rings. The van der Waals surface area contributed by atoms with Gasteiger partial charge in [0, 0.05) is 36.1 Å². The summed E-state index contributed by atoms with van der Waals surface area (Å²) >= 11 is 7.45. The average Bonchev–Trinajstić information content (AvgIpc) is 3.00. The first kappa shape index (κ1) is 21.5. The van der Waals surface area contributed by atoms with Crippen LogP contribution in [0.25, 0.3) is 0 Å². The fraction of sp³-hybridized carbons (Fsp3) is 0.364. The third-order valence-corrected chi connectivity index (χ3v) is 6.26. The van der Waals surface area contributed by atoms with Crippen LogP contribution in [0.5, 0.6) is 5.75 Å². The van der Waals surface area contributed by atoms with Crippen LogP contribution < -0.4 is 4.74 Å². The predicted molar refractivity (Wildman–Crippen MR) is 117 cm³/mol. The second kappa shape index (κ2) is 10.0. The molecule has 2 aromatic carbocycles. The van der Waals surface area contributed by atoms with Gasteiger partial charge in [-0.2, -0.15) is 0 Å². The molecule has 0 N–H and O–H groups in total. The van der Waals surface area contributed by atoms with Gasteiger partial charge in [-0.1, -0.05) is 23.7 Å². The molecular formula is C22H25ClN2O3S. The maximum atomic E-state index is 12.9. The minimum atomic E-state index is -0.201. The van der Waals surface area contributed by atoms with Gasteiger partial charge in [-0.25, -0.2) is 0 Å². The van der Waals surface area contributed by atoms with Crippen LogP contribution in [0.1, 0.15) is 23.7 Å². The van der Waals surface area contributed by atoms with Crippen LogP contribution in [0, 0.1) is 0 Å². The highest BCUT2D eigenvalue weighted by molar-refractivity contribution is 8.00. The second-order valence-corrected chi connectivity index (χ2v) is 8.74. The minimum Gasteiger partial charge on any atom is -0.496 e. The Labute approximate surface area is 181 Å². The normalized spacial score (nSPS) is 15.6. The van der Waals surface area contributed by atoms with Crippen LogP contribution in [0.3, 0.4) is 0 Å². The van der Waals surface area contributed by atoms with Crippen molar-refractivity contribution in [2.75, 3.05) is 33.3 Å². The molecule has 154 valence electrons. The summed E-state index contributed by atoms with van der Waals surface area (Å²) in [6.07, 6.45) is 0.755. The Bertz CT molecular complexity index is 859. The summed E-state index contributed by atoms with van der Waals surface area (Å²) in [5, 5.41) is 0.480. The van der Waals surface area contributed by atoms with E-state index in [1.807, 2.05) is 53.1 Å². The number of rotatable bonds is 5. The van der Waals surface area contributed by atoms with Crippen LogP contribution in [0.4, 0.5) is 0 Å². The van der Waals surface area contributed by atoms with Gasteiger partial charge in [-0.05, 0) is 49.7 Å². The molecule has 1 saturated heterocycles. The molecule has 0 aromatic heterocycles. The molecular weight excluding hydrogens is 408 g/mol. The quantitative estimate of drug-likeness (QED) is 0.664. The van der Waals surface area contributed by atoms with Gasteiger partial charge in [0.25, 0.3) is 5.91 Å². The number of hydrogen-bond donors (Lipinski definition) is 0. The van der Waals surface area contributed by atoms with Crippen molar-refractivity contribution in [2.45, 2.75) is 23.5 Å². The Morgan fingerprint density at radius 3 is 2.38 bits per heavy atom. The third-order valence-electron chi connectivity index (χ3n) is 4.91. The second-order valence-electron chi connectivity index (χ2n) is 6.89. The van der Waals surface area contributed by atoms with Gasteiger partial charge in [0.1, 0.15) is 5.75 Å². The summed E-state index contributed by atoms with van der Waals surface area (Å²) in [5.41, 5.74) is 0.557. The van der Waals surface area contributed by atoms with Crippen molar-refractivity contribution >= 4 is 35.2 Å². The summed E-state index contributed by atoms with van der Waals surface area (Å²) in [5.74, 6) is 0.611. The first-order chi connectivity index (χ1) is 14.0. The summed E-state index contributed by atoms with van der Waals surface area (Å²) in [7, 11) is 1.56. The number of amides is 2. The van der Waals surface area contributed by atoms with Gasteiger partial charge in [0.2, 0.25) is 5.91 Å². The molecule has 0 bridgehead atoms. The van der Waals surface area contributed by atoms with E-state index in [0.717, 1.165) is 11.3 Å². The number of carbonyl (C=O) groups excluding carboxylic acids is 2. The van der Waals surface area contributed by atoms with Gasteiger partial charge < -0.3 is 14.5 Å². The number of benzene rings is 2. The highest BCUT2D eigenvalue weighted by Crippen LogP contribution is 2.26. The summed E-state index contributed by atoms with van der Waals surface area (Å²) < 4.78 is 5.32. The number of hydrogen-bond acceptors (Lipinski definition) is 4. The lowest BCUT2D eigenvalue weighted by Crippen LogP contribution is -2.40. The molecule has 2 aromatic rings. The van der Waals surface area contributed by atoms with E-state index in [1.165, 1.54) is 11.8 Å². The number of ether oxygens (including phenoxy) is 1. The molecule has 29 heavy (non-hydrogen) atoms. The van der Waals surface area contributed by atoms with Crippen molar-refractivity contribution < 1.29 is 14.3 Å². The molecule has 3 rings (SSSR count). The molecule has 1 aliphatic heterocycles. The van der Waals surface area contributed by atoms with Crippen molar-refractivity contribution in [1.29, 1.82) is 0 Å². The zero-order chi connectivity index (χ0) is 20.8. The van der Waals surface area contributed by atoms with E-state index in [0.29, 0.717) is 42.5 Å². The van der Waals surface area contributed by atoms with E-state index in [-0.39, 0.29) is 17.1 Å². The fourth-order valence-electron chi connectivity index (χ4n) is 3.36. The molecule has 5 nitrogen and oxygen atoms in total. The number of methoxy groups -OCH3 is 1. The number of thioether (sulfide) groups is 1. The first-order valence-corrected chi connectivity index (χ1v) is 10.9. The molecule has 0 aliphatic carbocycles. The lowest BCUT2D eigenvalue weighted by atomic mass is 10.1. The molecule has 1 heterocycles. The minimum absolute atomic E-state index is 0.0552. The molecule has 7 heteroatoms. The Balaban J connectivity index is 1.60. The van der Waals surface area contributed by atoms with Crippen molar-refractivity contribution in [2.24, 2.45) is 0 Å². The molecule has 1 fully saturated rings. The average molecular weight is 433 g/mol. The zero-order valence-electron chi connectivity index (χ0n) is 16.6. The van der Waals surface area contributed by atoms with Gasteiger partial charge >= 0.3 is 0 Å². The van der Waals surface area contributed by atoms with E-state index >= 15 is 0 Å². The smallest absolute Gasteiger partial charge is 0.257 e. The number of halogens is 1. The Hall–Kier alpha value is -2.18. The SMILES string of the molecule is COc1ccccc1C(=O)N1CCCN(C(=O)C(C)Sc2ccc(Cl)cc2)CC1. The maximum absolute atomic E-state index is 12.9. The number of nitrogens with zero attached hydrogens (tertiary/aromatic N) is 2. The summed E-state index contributed by atoms with van der Waals surface area (Å²) in [4.78, 5) is 30.5. The van der Waals surface area contributed by atoms with Crippen LogP contribution in [0.2, 0.25) is 5.02 Å². The highest BCUT2D eigenvalue weighted by atomic mass is 35.5. The molecule has 0 spiro atoms. The largest absolute Gasteiger partial charge is 0.496 e. The Morgan fingerprint density at radius 2 is 1.66 bits per heavy atom. The van der Waals surface area contributed by atoms with Crippen LogP contribution in [-0.4, -0.2) is 60.2 Å². The van der Waals surface area contributed by atoms with Crippen LogP contribution in [0.15, 0.2) is 53.4 Å². The summed E-state index contributed by atoms with van der Waals surface area (Å²) in [6.45, 7) is 4.25. The summed E-state index contributed by atoms with van der Waals surface area (Å²) in [6, 6.07) is 14.7. The van der Waals surface area contributed by atoms with Crippen molar-refractivity contribution in [3.8, 4) is 5.75 Å². The lowest BCUT2D eigenvalue weighted by Gasteiger charge is -2.25. The van der Waals surface area contributed by atoms with Gasteiger partial charge in [-0.15, -0.1) is 11.8 Å². The standard InChI is InChI=1S/C22H25ClN2O3S/c1-16(29-18-10-8-17(23)9-11-18)21(26)24-12-5-13-25(15-14-24)22(27)19-6-3-4-7-20(19)28-2/h3-4,6-11,16H,5,12-15H2,1-2H3. The number of carbonyl (C=O) groups is 2. The monoisotopic (exact) mass is 432 g/mol. The van der Waals surface area contributed by atoms with Crippen molar-refractivity contribution in [1.82, 2.24) is 9.80 Å². The molecule has 1 atom stereocenters. The van der Waals surface area contributed by atoms with Gasteiger partial charge in [0.15, 0.2) is 0 Å². The van der Waals surface area contributed by atoms with E-state index in [4.69, 9.17) is 16.3 Å². The van der Waals surface area contributed by atoms with E-state index in [9.17, 15) is 9.59 Å². The van der Waals surface area contributed by atoms with Crippen LogP contribution >= 0.6 is 23.4 Å². The Morgan fingerprint density at radius 1 is 1.00 bits per heavy atom. The third kappa shape index (κ3) is 5.46. The van der Waals surface area contributed by atoms with Crippen LogP contribution in [-0.2, 0) is 4.79 Å². The van der Waals surface area contributed by atoms with E-state index in [1.54, 1.807) is 19.2 Å². The highest BCUT2D eigenvalue weighted by Gasteiger charge is 2.27. The fourth-order valence-corrected chi connectivity index (χ4v) is 4.43. The maximum Gasteiger partial charge on any atom is 0.257 e. The van der Waals surface area contributed by atoms with E-state index in [2.05, 4.69) is 0 Å². The van der Waals surface area contributed by atoms with Crippen molar-refractivity contribution in [3.05, 3.63) is 59.1 Å². The van der Waals surface area contributed by atoms with Gasteiger partial charge in [-0.3, -0.25) is 9.59 Å². The predicted octanol–water partition coefficient (Wildman–Crippen LogP) is 4.20. The molecule has 0 radical (unpaired) electrons. The van der Waals surface area contributed by atoms with Crippen molar-refractivity contribution in [3.63, 3.8) is 0 Å². The topological polar surface area (TPSA) is 49.9 Å². The molecule has 1 unspecified atom stereocenters. The Kier molecular flexibility index (Phi) is 7.45. The molecule has 2 amide bonds. The number of para-hydroxylation sites is 1. The van der Waals surface area contributed by atoms with E-state index < -0.39 is 0 Å². The van der Waals surface area contributed by atoms with Gasteiger partial charge in [0.05, 0.1) is 17.9 Å².